The molecule has 3 rings (SSSR count). The van der Waals surface area contributed by atoms with E-state index in [1.807, 2.05) is 42.5 Å². The predicted octanol–water partition coefficient (Wildman–Crippen LogP) is 3.71. The zero-order valence-corrected chi connectivity index (χ0v) is 9.91. The van der Waals surface area contributed by atoms with E-state index in [-0.39, 0.29) is 0 Å². The van der Waals surface area contributed by atoms with Crippen molar-refractivity contribution in [1.82, 2.24) is 0 Å². The fourth-order valence-electron chi connectivity index (χ4n) is 2.15. The molecule has 2 nitrogen and oxygen atoms in total. The van der Waals surface area contributed by atoms with Crippen LogP contribution in [0.25, 0.3) is 10.8 Å². The normalized spacial score (nSPS) is 12.7. The Morgan fingerprint density at radius 2 is 1.78 bits per heavy atom. The summed E-state index contributed by atoms with van der Waals surface area (Å²) in [4.78, 5) is 0. The maximum atomic E-state index is 10.2. The van der Waals surface area contributed by atoms with Gasteiger partial charge in [-0.15, -0.1) is 0 Å². The lowest BCUT2D eigenvalue weighted by Gasteiger charge is -2.10. The fraction of sp³-hybridized carbons (Fsp3) is 0.125. The Morgan fingerprint density at radius 1 is 0.944 bits per heavy atom. The van der Waals surface area contributed by atoms with E-state index >= 15 is 0 Å². The molecule has 0 fully saturated rings. The Balaban J connectivity index is 1.89. The van der Waals surface area contributed by atoms with Crippen LogP contribution in [-0.2, 0) is 6.42 Å². The first-order valence-electron chi connectivity index (χ1n) is 6.02. The van der Waals surface area contributed by atoms with Gasteiger partial charge in [0.15, 0.2) is 0 Å². The van der Waals surface area contributed by atoms with E-state index in [9.17, 15) is 5.11 Å². The van der Waals surface area contributed by atoms with E-state index in [1.165, 1.54) is 5.39 Å². The second kappa shape index (κ2) is 4.67. The molecule has 0 radical (unpaired) electrons. The SMILES string of the molecule is OC(Cc1ccco1)c1ccc2ccccc2c1. The minimum absolute atomic E-state index is 0.505. The van der Waals surface area contributed by atoms with Crippen molar-refractivity contribution in [2.45, 2.75) is 12.5 Å². The Bertz CT molecular complexity index is 641. The molecule has 0 saturated carbocycles. The topological polar surface area (TPSA) is 33.4 Å². The zero-order valence-electron chi connectivity index (χ0n) is 9.91. The van der Waals surface area contributed by atoms with Crippen LogP contribution in [0.4, 0.5) is 0 Å². The number of furan rings is 1. The van der Waals surface area contributed by atoms with Crippen molar-refractivity contribution in [3.05, 3.63) is 72.2 Å². The highest BCUT2D eigenvalue weighted by Gasteiger charge is 2.10. The summed E-state index contributed by atoms with van der Waals surface area (Å²) in [7, 11) is 0. The molecule has 90 valence electrons. The molecule has 1 heterocycles. The van der Waals surface area contributed by atoms with Crippen molar-refractivity contribution in [1.29, 1.82) is 0 Å². The lowest BCUT2D eigenvalue weighted by atomic mass is 10.0. The summed E-state index contributed by atoms with van der Waals surface area (Å²) in [5, 5.41) is 12.5. The van der Waals surface area contributed by atoms with E-state index in [1.54, 1.807) is 6.26 Å². The van der Waals surface area contributed by atoms with Crippen LogP contribution in [0, 0.1) is 0 Å². The Hall–Kier alpha value is -2.06. The van der Waals surface area contributed by atoms with Gasteiger partial charge in [-0.2, -0.15) is 0 Å². The van der Waals surface area contributed by atoms with Crippen LogP contribution < -0.4 is 0 Å². The second-order valence-corrected chi connectivity index (χ2v) is 4.41. The van der Waals surface area contributed by atoms with Crippen LogP contribution in [0.1, 0.15) is 17.4 Å². The molecule has 1 aromatic heterocycles. The summed E-state index contributed by atoms with van der Waals surface area (Å²) in [5.41, 5.74) is 0.921. The smallest absolute Gasteiger partial charge is 0.106 e. The fourth-order valence-corrected chi connectivity index (χ4v) is 2.15. The van der Waals surface area contributed by atoms with Gasteiger partial charge in [-0.05, 0) is 34.5 Å². The summed E-state index contributed by atoms with van der Waals surface area (Å²) in [6.07, 6.45) is 1.61. The molecule has 0 saturated heterocycles. The minimum Gasteiger partial charge on any atom is -0.469 e. The average Bonchev–Trinajstić information content (AvgIpc) is 2.91. The molecule has 1 atom stereocenters. The maximum absolute atomic E-state index is 10.2. The van der Waals surface area contributed by atoms with Crippen LogP contribution in [0.3, 0.4) is 0 Å². The van der Waals surface area contributed by atoms with E-state index in [4.69, 9.17) is 4.42 Å². The van der Waals surface area contributed by atoms with Gasteiger partial charge < -0.3 is 9.52 Å². The number of fused-ring (bicyclic) bond motifs is 1. The Kier molecular flexibility index (Phi) is 2.87. The third-order valence-corrected chi connectivity index (χ3v) is 3.13. The second-order valence-electron chi connectivity index (χ2n) is 4.41. The highest BCUT2D eigenvalue weighted by molar-refractivity contribution is 5.83. The van der Waals surface area contributed by atoms with Crippen LogP contribution in [0.2, 0.25) is 0 Å². The van der Waals surface area contributed by atoms with Crippen molar-refractivity contribution in [2.24, 2.45) is 0 Å². The molecular formula is C16H14O2. The molecule has 0 bridgehead atoms. The van der Waals surface area contributed by atoms with Gasteiger partial charge in [-0.3, -0.25) is 0 Å². The first-order valence-corrected chi connectivity index (χ1v) is 6.02. The molecule has 0 amide bonds. The molecule has 0 aliphatic heterocycles. The van der Waals surface area contributed by atoms with Gasteiger partial charge >= 0.3 is 0 Å². The van der Waals surface area contributed by atoms with Gasteiger partial charge in [0.2, 0.25) is 0 Å². The molecule has 1 N–H and O–H groups in total. The van der Waals surface area contributed by atoms with Crippen molar-refractivity contribution < 1.29 is 9.52 Å². The molecule has 0 aliphatic rings. The van der Waals surface area contributed by atoms with Gasteiger partial charge in [0.25, 0.3) is 0 Å². The molecule has 1 unspecified atom stereocenters. The van der Waals surface area contributed by atoms with Gasteiger partial charge in [0.05, 0.1) is 12.4 Å². The lowest BCUT2D eigenvalue weighted by Crippen LogP contribution is -2.00. The third-order valence-electron chi connectivity index (χ3n) is 3.13. The predicted molar refractivity (Wildman–Crippen MR) is 71.3 cm³/mol. The average molecular weight is 238 g/mol. The summed E-state index contributed by atoms with van der Waals surface area (Å²) < 4.78 is 5.25. The monoisotopic (exact) mass is 238 g/mol. The zero-order chi connectivity index (χ0) is 12.4. The highest BCUT2D eigenvalue weighted by Crippen LogP contribution is 2.23. The van der Waals surface area contributed by atoms with Gasteiger partial charge in [0, 0.05) is 6.42 Å². The minimum atomic E-state index is -0.527. The molecular weight excluding hydrogens is 224 g/mol. The number of hydrogen-bond acceptors (Lipinski definition) is 2. The lowest BCUT2D eigenvalue weighted by molar-refractivity contribution is 0.170. The van der Waals surface area contributed by atoms with E-state index in [0.29, 0.717) is 6.42 Å². The summed E-state index contributed by atoms with van der Waals surface area (Å²) in [6.45, 7) is 0. The van der Waals surface area contributed by atoms with Crippen LogP contribution in [0.15, 0.2) is 65.3 Å². The molecule has 2 aromatic carbocycles. The van der Waals surface area contributed by atoms with Crippen LogP contribution in [0.5, 0.6) is 0 Å². The van der Waals surface area contributed by atoms with Gasteiger partial charge in [-0.25, -0.2) is 0 Å². The van der Waals surface area contributed by atoms with Crippen molar-refractivity contribution in [3.63, 3.8) is 0 Å². The van der Waals surface area contributed by atoms with E-state index in [2.05, 4.69) is 12.1 Å². The molecule has 3 aromatic rings. The summed E-state index contributed by atoms with van der Waals surface area (Å²) in [6, 6.07) is 17.9. The third kappa shape index (κ3) is 2.15. The van der Waals surface area contributed by atoms with Crippen LogP contribution >= 0.6 is 0 Å². The number of hydrogen-bond donors (Lipinski definition) is 1. The van der Waals surface area contributed by atoms with Gasteiger partial charge in [-0.1, -0.05) is 36.4 Å². The van der Waals surface area contributed by atoms with Crippen molar-refractivity contribution in [2.75, 3.05) is 0 Å². The number of aliphatic hydroxyl groups is 1. The van der Waals surface area contributed by atoms with Crippen LogP contribution in [-0.4, -0.2) is 5.11 Å². The molecule has 18 heavy (non-hydrogen) atoms. The largest absolute Gasteiger partial charge is 0.469 e. The first kappa shape index (κ1) is 11.1. The van der Waals surface area contributed by atoms with Crippen molar-refractivity contribution >= 4 is 10.8 Å². The summed E-state index contributed by atoms with van der Waals surface area (Å²) in [5.74, 6) is 0.802. The maximum Gasteiger partial charge on any atom is 0.106 e. The highest BCUT2D eigenvalue weighted by atomic mass is 16.3. The molecule has 0 spiro atoms. The molecule has 0 aliphatic carbocycles. The Morgan fingerprint density at radius 3 is 2.56 bits per heavy atom. The Labute approximate surface area is 105 Å². The van der Waals surface area contributed by atoms with Gasteiger partial charge in [0.1, 0.15) is 5.76 Å². The quantitative estimate of drug-likeness (QED) is 0.754. The number of benzene rings is 2. The first-order chi connectivity index (χ1) is 8.83. The number of aliphatic hydroxyl groups excluding tert-OH is 1. The van der Waals surface area contributed by atoms with E-state index < -0.39 is 6.10 Å². The number of rotatable bonds is 3. The standard InChI is InChI=1S/C16H14O2/c17-16(11-15-6-3-9-18-15)14-8-7-12-4-1-2-5-13(12)10-14/h1-10,16-17H,11H2. The molecule has 2 heteroatoms. The summed E-state index contributed by atoms with van der Waals surface area (Å²) >= 11 is 0. The van der Waals surface area contributed by atoms with E-state index in [0.717, 1.165) is 16.7 Å². The van der Waals surface area contributed by atoms with Crippen molar-refractivity contribution in [3.8, 4) is 0 Å².